The molecule has 0 heterocycles. The van der Waals surface area contributed by atoms with Gasteiger partial charge in [0.15, 0.2) is 0 Å². The van der Waals surface area contributed by atoms with Gasteiger partial charge in [-0.15, -0.1) is 0 Å². The number of nitrogens with one attached hydrogen (secondary N) is 1. The van der Waals surface area contributed by atoms with Gasteiger partial charge < -0.3 is 20.3 Å². The predicted molar refractivity (Wildman–Crippen MR) is 278 cm³/mol. The number of allylic oxidation sites excluding steroid dienone is 4. The summed E-state index contributed by atoms with van der Waals surface area (Å²) < 4.78 is 5.96. The van der Waals surface area contributed by atoms with Gasteiger partial charge in [-0.05, 0) is 77.0 Å². The van der Waals surface area contributed by atoms with Crippen molar-refractivity contribution in [2.75, 3.05) is 6.61 Å². The molecule has 0 saturated carbocycles. The quantitative estimate of drug-likeness (QED) is 0.0321. The average Bonchev–Trinajstić information content (AvgIpc) is 3.29. The second-order valence-electron chi connectivity index (χ2n) is 19.7. The first kappa shape index (κ1) is 62.3. The number of aliphatic hydroxyl groups is 2. The Hall–Kier alpha value is -1.66. The van der Waals surface area contributed by atoms with Crippen LogP contribution in [0.25, 0.3) is 0 Å². The molecule has 0 fully saturated rings. The molecule has 3 atom stereocenters. The number of hydrogen-bond donors (Lipinski definition) is 3. The Labute approximate surface area is 399 Å². The zero-order chi connectivity index (χ0) is 46.7. The molecule has 6 heteroatoms. The predicted octanol–water partition coefficient (Wildman–Crippen LogP) is 17.5. The monoisotopic (exact) mass is 902 g/mol. The number of esters is 1. The van der Waals surface area contributed by atoms with Crippen molar-refractivity contribution in [1.82, 2.24) is 5.32 Å². The van der Waals surface area contributed by atoms with Crippen LogP contribution >= 0.6 is 0 Å². The Morgan fingerprint density at radius 1 is 0.438 bits per heavy atom. The number of carbonyl (C=O) groups is 2. The topological polar surface area (TPSA) is 95.9 Å². The van der Waals surface area contributed by atoms with E-state index in [0.29, 0.717) is 19.3 Å². The van der Waals surface area contributed by atoms with Gasteiger partial charge in [0.05, 0.1) is 25.2 Å². The maximum atomic E-state index is 13.2. The maximum Gasteiger partial charge on any atom is 0.306 e. The normalized spacial score (nSPS) is 13.3. The van der Waals surface area contributed by atoms with E-state index in [4.69, 9.17) is 4.74 Å². The van der Waals surface area contributed by atoms with Gasteiger partial charge >= 0.3 is 5.97 Å². The second-order valence-corrected chi connectivity index (χ2v) is 19.7. The zero-order valence-corrected chi connectivity index (χ0v) is 43.2. The SMILES string of the molecule is CCCCCC/C=C\CCCCCCCC(CC(=O)NC(CO)C(O)CCCCCCCCCCCCCCC)OC(=O)CCCCCCCCCCC/C=C/CCCCCCCC. The molecule has 0 aliphatic heterocycles. The Morgan fingerprint density at radius 2 is 0.750 bits per heavy atom. The number of aliphatic hydroxyl groups excluding tert-OH is 2. The molecule has 64 heavy (non-hydrogen) atoms. The van der Waals surface area contributed by atoms with Crippen LogP contribution in [0.2, 0.25) is 0 Å². The summed E-state index contributed by atoms with van der Waals surface area (Å²) in [6.45, 7) is 6.49. The van der Waals surface area contributed by atoms with Gasteiger partial charge in [0.1, 0.15) is 6.10 Å². The van der Waals surface area contributed by atoms with Crippen molar-refractivity contribution in [3.05, 3.63) is 24.3 Å². The zero-order valence-electron chi connectivity index (χ0n) is 43.2. The van der Waals surface area contributed by atoms with E-state index in [1.165, 1.54) is 205 Å². The number of carbonyl (C=O) groups excluding carboxylic acids is 2. The third kappa shape index (κ3) is 46.9. The fraction of sp³-hybridized carbons (Fsp3) is 0.897. The average molecular weight is 903 g/mol. The highest BCUT2D eigenvalue weighted by atomic mass is 16.5. The molecule has 0 aliphatic rings. The molecule has 1 amide bonds. The first-order valence-electron chi connectivity index (χ1n) is 28.6. The van der Waals surface area contributed by atoms with Crippen LogP contribution in [0.4, 0.5) is 0 Å². The summed E-state index contributed by atoms with van der Waals surface area (Å²) in [5, 5.41) is 23.8. The minimum absolute atomic E-state index is 0.0756. The lowest BCUT2D eigenvalue weighted by atomic mass is 10.0. The largest absolute Gasteiger partial charge is 0.462 e. The fourth-order valence-corrected chi connectivity index (χ4v) is 8.89. The van der Waals surface area contributed by atoms with Crippen LogP contribution in [0.15, 0.2) is 24.3 Å². The summed E-state index contributed by atoms with van der Waals surface area (Å²) in [4.78, 5) is 26.2. The molecule has 0 aliphatic carbocycles. The molecular formula is C58H111NO5. The molecule has 0 spiro atoms. The van der Waals surface area contributed by atoms with Crippen LogP contribution in [0.5, 0.6) is 0 Å². The van der Waals surface area contributed by atoms with Crippen molar-refractivity contribution in [1.29, 1.82) is 0 Å². The summed E-state index contributed by atoms with van der Waals surface area (Å²) in [5.74, 6) is -0.468. The van der Waals surface area contributed by atoms with Gasteiger partial charge in [0.2, 0.25) is 5.91 Å². The van der Waals surface area contributed by atoms with E-state index >= 15 is 0 Å². The lowest BCUT2D eigenvalue weighted by Crippen LogP contribution is -2.46. The summed E-state index contributed by atoms with van der Waals surface area (Å²) >= 11 is 0. The Morgan fingerprint density at radius 3 is 1.12 bits per heavy atom. The molecule has 3 unspecified atom stereocenters. The Kier molecular flexibility index (Phi) is 51.0. The standard InChI is InChI=1S/C58H111NO5/c1-4-7-10-13-16-19-22-25-26-27-28-29-30-33-36-39-42-45-48-51-58(63)64-54(49-46-43-40-37-34-31-23-20-17-14-11-8-5-2)52-57(62)59-55(53-60)56(61)50-47-44-41-38-35-32-24-21-18-15-12-9-6-3/h20,23,25-26,54-56,60-61H,4-19,21-22,24,27-53H2,1-3H3,(H,59,62)/b23-20-,26-25+. The van der Waals surface area contributed by atoms with Crippen molar-refractivity contribution in [3.63, 3.8) is 0 Å². The highest BCUT2D eigenvalue weighted by Crippen LogP contribution is 2.18. The van der Waals surface area contributed by atoms with Gasteiger partial charge in [-0.3, -0.25) is 9.59 Å². The summed E-state index contributed by atoms with van der Waals surface area (Å²) in [7, 11) is 0. The fourth-order valence-electron chi connectivity index (χ4n) is 8.89. The van der Waals surface area contributed by atoms with Gasteiger partial charge in [-0.1, -0.05) is 244 Å². The molecule has 0 rings (SSSR count). The maximum absolute atomic E-state index is 13.2. The number of hydrogen-bond acceptors (Lipinski definition) is 5. The number of rotatable bonds is 52. The first-order chi connectivity index (χ1) is 31.5. The summed E-state index contributed by atoms with van der Waals surface area (Å²) in [6, 6.07) is -0.701. The summed E-state index contributed by atoms with van der Waals surface area (Å²) in [5.41, 5.74) is 0. The number of ether oxygens (including phenoxy) is 1. The molecule has 0 aromatic heterocycles. The van der Waals surface area contributed by atoms with Crippen LogP contribution in [0, 0.1) is 0 Å². The Balaban J connectivity index is 4.49. The van der Waals surface area contributed by atoms with Crippen LogP contribution in [0.3, 0.4) is 0 Å². The molecular weight excluding hydrogens is 791 g/mol. The summed E-state index contributed by atoms with van der Waals surface area (Å²) in [6.07, 6.45) is 61.0. The highest BCUT2D eigenvalue weighted by molar-refractivity contribution is 5.77. The Bertz CT molecular complexity index is 1010. The van der Waals surface area contributed by atoms with Crippen molar-refractivity contribution < 1.29 is 24.5 Å². The van der Waals surface area contributed by atoms with E-state index in [1.807, 2.05) is 0 Å². The smallest absolute Gasteiger partial charge is 0.306 e. The van der Waals surface area contributed by atoms with E-state index in [1.54, 1.807) is 0 Å². The van der Waals surface area contributed by atoms with Crippen molar-refractivity contribution >= 4 is 11.9 Å². The van der Waals surface area contributed by atoms with Gasteiger partial charge in [0.25, 0.3) is 0 Å². The molecule has 0 aromatic carbocycles. The third-order valence-electron chi connectivity index (χ3n) is 13.3. The number of amides is 1. The van der Waals surface area contributed by atoms with Crippen molar-refractivity contribution in [3.8, 4) is 0 Å². The minimum Gasteiger partial charge on any atom is -0.462 e. The first-order valence-corrected chi connectivity index (χ1v) is 28.6. The van der Waals surface area contributed by atoms with E-state index in [-0.39, 0.29) is 24.9 Å². The van der Waals surface area contributed by atoms with Crippen LogP contribution < -0.4 is 5.32 Å². The van der Waals surface area contributed by atoms with Crippen molar-refractivity contribution in [2.45, 2.75) is 328 Å². The molecule has 0 aromatic rings. The van der Waals surface area contributed by atoms with Crippen LogP contribution in [-0.4, -0.2) is 46.9 Å². The molecule has 0 bridgehead atoms. The van der Waals surface area contributed by atoms with E-state index in [0.717, 1.165) is 57.8 Å². The van der Waals surface area contributed by atoms with E-state index in [9.17, 15) is 19.8 Å². The van der Waals surface area contributed by atoms with Gasteiger partial charge in [0, 0.05) is 6.42 Å². The molecule has 0 saturated heterocycles. The molecule has 378 valence electrons. The highest BCUT2D eigenvalue weighted by Gasteiger charge is 2.24. The van der Waals surface area contributed by atoms with E-state index < -0.39 is 18.2 Å². The van der Waals surface area contributed by atoms with Crippen molar-refractivity contribution in [2.24, 2.45) is 0 Å². The molecule has 3 N–H and O–H groups in total. The third-order valence-corrected chi connectivity index (χ3v) is 13.3. The second kappa shape index (κ2) is 52.3. The van der Waals surface area contributed by atoms with Gasteiger partial charge in [-0.2, -0.15) is 0 Å². The molecule has 6 nitrogen and oxygen atoms in total. The van der Waals surface area contributed by atoms with Crippen LogP contribution in [-0.2, 0) is 14.3 Å². The number of unbranched alkanes of at least 4 members (excludes halogenated alkanes) is 36. The van der Waals surface area contributed by atoms with E-state index in [2.05, 4.69) is 50.4 Å². The lowest BCUT2D eigenvalue weighted by molar-refractivity contribution is -0.151. The minimum atomic E-state index is -0.787. The van der Waals surface area contributed by atoms with Crippen LogP contribution in [0.1, 0.15) is 310 Å². The van der Waals surface area contributed by atoms with Gasteiger partial charge in [-0.25, -0.2) is 0 Å². The lowest BCUT2D eigenvalue weighted by Gasteiger charge is -2.24. The molecule has 0 radical (unpaired) electrons.